The lowest BCUT2D eigenvalue weighted by Gasteiger charge is -2.34. The number of nitrogens with two attached hydrogens (primary N) is 1. The Bertz CT molecular complexity index is 1340. The van der Waals surface area contributed by atoms with Gasteiger partial charge in [-0.1, -0.05) is 31.9 Å². The standard InChI is InChI=1S/C28H38Br2N2O6S2/c1-18(17-20-5-3-7-26(20)37-23-13-9-21(29)10-14-23)40(35,36)32-28(19(2)39(31,33)34)25-6-4-8-27(25)38-24-15-11-22(30)12-16-24/h9-16,18-20,25-28,32H,3-8,17H2,1-2H3,(H2,31,33,34). The van der Waals surface area contributed by atoms with Crippen LogP contribution < -0.4 is 19.3 Å². The molecule has 0 spiro atoms. The fraction of sp³-hybridized carbons (Fsp3) is 0.571. The molecule has 3 N–H and O–H groups in total. The molecular weight excluding hydrogens is 684 g/mol. The number of primary sulfonamides is 1. The van der Waals surface area contributed by atoms with E-state index in [2.05, 4.69) is 36.6 Å². The van der Waals surface area contributed by atoms with Gasteiger partial charge in [0.1, 0.15) is 23.7 Å². The molecule has 4 rings (SSSR count). The maximum atomic E-state index is 13.7. The molecule has 0 aliphatic heterocycles. The van der Waals surface area contributed by atoms with Crippen LogP contribution in [0.15, 0.2) is 57.5 Å². The summed E-state index contributed by atoms with van der Waals surface area (Å²) in [5.74, 6) is 1.13. The molecule has 2 aliphatic carbocycles. The number of benzene rings is 2. The van der Waals surface area contributed by atoms with E-state index < -0.39 is 36.6 Å². The first-order valence-electron chi connectivity index (χ1n) is 13.7. The summed E-state index contributed by atoms with van der Waals surface area (Å²) >= 11 is 6.84. The Morgan fingerprint density at radius 1 is 0.825 bits per heavy atom. The molecular formula is C28H38Br2N2O6S2. The molecule has 0 bridgehead atoms. The molecule has 40 heavy (non-hydrogen) atoms. The van der Waals surface area contributed by atoms with E-state index in [-0.39, 0.29) is 24.0 Å². The van der Waals surface area contributed by atoms with Crippen LogP contribution in [0.5, 0.6) is 11.5 Å². The summed E-state index contributed by atoms with van der Waals surface area (Å²) in [6, 6.07) is 14.1. The second-order valence-corrected chi connectivity index (χ2v) is 16.9. The molecule has 2 aromatic rings. The van der Waals surface area contributed by atoms with Crippen LogP contribution in [-0.4, -0.2) is 45.6 Å². The normalized spacial score (nSPS) is 25.8. The zero-order valence-corrected chi connectivity index (χ0v) is 27.5. The van der Waals surface area contributed by atoms with Crippen LogP contribution in [0.3, 0.4) is 0 Å². The van der Waals surface area contributed by atoms with Gasteiger partial charge in [0.2, 0.25) is 20.0 Å². The number of rotatable bonds is 12. The van der Waals surface area contributed by atoms with Gasteiger partial charge in [0.25, 0.3) is 0 Å². The molecule has 12 heteroatoms. The average Bonchev–Trinajstić information content (AvgIpc) is 3.53. The van der Waals surface area contributed by atoms with E-state index in [1.165, 1.54) is 6.92 Å². The van der Waals surface area contributed by atoms with Crippen LogP contribution in [0.4, 0.5) is 0 Å². The Kier molecular flexibility index (Phi) is 10.6. The summed E-state index contributed by atoms with van der Waals surface area (Å²) in [6.07, 6.45) is 4.84. The van der Waals surface area contributed by atoms with Crippen molar-refractivity contribution in [2.24, 2.45) is 17.0 Å². The highest BCUT2D eigenvalue weighted by molar-refractivity contribution is 9.10. The van der Waals surface area contributed by atoms with Gasteiger partial charge in [0.05, 0.1) is 10.5 Å². The Hall–Kier alpha value is -1.18. The highest BCUT2D eigenvalue weighted by atomic mass is 79.9. The number of hydrogen-bond donors (Lipinski definition) is 2. The van der Waals surface area contributed by atoms with Crippen LogP contribution >= 0.6 is 31.9 Å². The number of nitrogens with one attached hydrogen (secondary N) is 1. The first-order chi connectivity index (χ1) is 18.8. The second kappa shape index (κ2) is 13.4. The average molecular weight is 723 g/mol. The van der Waals surface area contributed by atoms with E-state index in [0.717, 1.165) is 40.4 Å². The number of ether oxygens (including phenoxy) is 2. The van der Waals surface area contributed by atoms with Gasteiger partial charge < -0.3 is 9.47 Å². The van der Waals surface area contributed by atoms with Crippen molar-refractivity contribution in [3.63, 3.8) is 0 Å². The van der Waals surface area contributed by atoms with Gasteiger partial charge in [0.15, 0.2) is 0 Å². The van der Waals surface area contributed by atoms with E-state index in [1.54, 1.807) is 6.92 Å². The van der Waals surface area contributed by atoms with Crippen molar-refractivity contribution in [2.45, 2.75) is 87.5 Å². The van der Waals surface area contributed by atoms with Crippen molar-refractivity contribution in [1.82, 2.24) is 4.72 Å². The highest BCUT2D eigenvalue weighted by Gasteiger charge is 2.44. The highest BCUT2D eigenvalue weighted by Crippen LogP contribution is 2.37. The predicted octanol–water partition coefficient (Wildman–Crippen LogP) is 5.75. The van der Waals surface area contributed by atoms with Crippen LogP contribution in [-0.2, 0) is 20.0 Å². The van der Waals surface area contributed by atoms with Gasteiger partial charge in [-0.2, -0.15) is 0 Å². The van der Waals surface area contributed by atoms with Crippen molar-refractivity contribution in [3.8, 4) is 11.5 Å². The first kappa shape index (κ1) is 31.7. The smallest absolute Gasteiger partial charge is 0.214 e. The van der Waals surface area contributed by atoms with Crippen molar-refractivity contribution in [1.29, 1.82) is 0 Å². The van der Waals surface area contributed by atoms with Crippen molar-refractivity contribution >= 4 is 51.9 Å². The van der Waals surface area contributed by atoms with E-state index in [1.807, 2.05) is 48.5 Å². The fourth-order valence-electron chi connectivity index (χ4n) is 5.91. The van der Waals surface area contributed by atoms with Crippen LogP contribution in [0.25, 0.3) is 0 Å². The molecule has 2 fully saturated rings. The molecule has 2 aliphatic rings. The summed E-state index contributed by atoms with van der Waals surface area (Å²) in [4.78, 5) is 0. The summed E-state index contributed by atoms with van der Waals surface area (Å²) < 4.78 is 69.5. The zero-order valence-electron chi connectivity index (χ0n) is 22.7. The van der Waals surface area contributed by atoms with Crippen molar-refractivity contribution in [3.05, 3.63) is 57.5 Å². The van der Waals surface area contributed by atoms with Crippen LogP contribution in [0.2, 0.25) is 0 Å². The van der Waals surface area contributed by atoms with Crippen LogP contribution in [0, 0.1) is 11.8 Å². The number of halogens is 2. The largest absolute Gasteiger partial charge is 0.490 e. The molecule has 0 amide bonds. The van der Waals surface area contributed by atoms with Crippen molar-refractivity contribution < 1.29 is 26.3 Å². The maximum Gasteiger partial charge on any atom is 0.214 e. The molecule has 0 heterocycles. The molecule has 2 aromatic carbocycles. The first-order valence-corrected chi connectivity index (χ1v) is 18.4. The topological polar surface area (TPSA) is 125 Å². The summed E-state index contributed by atoms with van der Waals surface area (Å²) in [6.45, 7) is 3.15. The Morgan fingerprint density at radius 3 is 1.88 bits per heavy atom. The molecule has 0 saturated heterocycles. The molecule has 7 atom stereocenters. The Balaban J connectivity index is 1.48. The molecule has 2 saturated carbocycles. The lowest BCUT2D eigenvalue weighted by Crippen LogP contribution is -2.55. The molecule has 7 unspecified atom stereocenters. The van der Waals surface area contributed by atoms with Crippen molar-refractivity contribution in [2.75, 3.05) is 0 Å². The van der Waals surface area contributed by atoms with Gasteiger partial charge in [-0.15, -0.1) is 0 Å². The summed E-state index contributed by atoms with van der Waals surface area (Å²) in [5, 5.41) is 3.70. The minimum absolute atomic E-state index is 0.0727. The number of hydrogen-bond acceptors (Lipinski definition) is 6. The van der Waals surface area contributed by atoms with Gasteiger partial charge in [-0.3, -0.25) is 0 Å². The fourth-order valence-corrected chi connectivity index (χ4v) is 8.69. The monoisotopic (exact) mass is 720 g/mol. The number of sulfonamides is 2. The zero-order chi connectivity index (χ0) is 29.1. The third-order valence-corrected chi connectivity index (χ3v) is 12.5. The molecule has 0 radical (unpaired) electrons. The minimum atomic E-state index is -4.02. The van der Waals surface area contributed by atoms with E-state index >= 15 is 0 Å². The third kappa shape index (κ3) is 8.22. The second-order valence-electron chi connectivity index (χ2n) is 11.0. The molecule has 0 aromatic heterocycles. The molecule has 8 nitrogen and oxygen atoms in total. The van der Waals surface area contributed by atoms with E-state index in [0.29, 0.717) is 25.0 Å². The van der Waals surface area contributed by atoms with E-state index in [9.17, 15) is 16.8 Å². The SMILES string of the molecule is CC(C(NS(=O)(=O)C(C)CC1CCCC1Oc1ccc(Br)cc1)C1CCCC1Oc1ccc(Br)cc1)S(N)(=O)=O. The van der Waals surface area contributed by atoms with Crippen LogP contribution in [0.1, 0.15) is 58.8 Å². The quantitative estimate of drug-likeness (QED) is 0.288. The lowest BCUT2D eigenvalue weighted by atomic mass is 9.94. The predicted molar refractivity (Wildman–Crippen MR) is 164 cm³/mol. The summed E-state index contributed by atoms with van der Waals surface area (Å²) in [5.41, 5.74) is 0. The van der Waals surface area contributed by atoms with Gasteiger partial charge in [-0.25, -0.2) is 26.7 Å². The van der Waals surface area contributed by atoms with Gasteiger partial charge >= 0.3 is 0 Å². The van der Waals surface area contributed by atoms with Gasteiger partial charge in [-0.05, 0) is 113 Å². The van der Waals surface area contributed by atoms with E-state index in [4.69, 9.17) is 14.6 Å². The minimum Gasteiger partial charge on any atom is -0.490 e. The molecule has 222 valence electrons. The maximum absolute atomic E-state index is 13.7. The Morgan fingerprint density at radius 2 is 1.32 bits per heavy atom. The van der Waals surface area contributed by atoms with Gasteiger partial charge in [0, 0.05) is 20.9 Å². The summed E-state index contributed by atoms with van der Waals surface area (Å²) in [7, 11) is -7.91. The lowest BCUT2D eigenvalue weighted by molar-refractivity contribution is 0.137. The third-order valence-electron chi connectivity index (χ3n) is 8.25. The Labute approximate surface area is 255 Å².